The van der Waals surface area contributed by atoms with Crippen LogP contribution in [0.15, 0.2) is 0 Å². The van der Waals surface area contributed by atoms with Crippen molar-refractivity contribution in [1.82, 2.24) is 0 Å². The van der Waals surface area contributed by atoms with Gasteiger partial charge in [0, 0.05) is 5.66 Å². The maximum absolute atomic E-state index is 5.94. The van der Waals surface area contributed by atoms with Crippen molar-refractivity contribution in [3.63, 3.8) is 0 Å². The molecule has 0 radical (unpaired) electrons. The minimum absolute atomic E-state index is 0.673. The van der Waals surface area contributed by atoms with Crippen molar-refractivity contribution >= 4 is 29.1 Å². The van der Waals surface area contributed by atoms with Crippen molar-refractivity contribution in [3.8, 4) is 0 Å². The fourth-order valence-electron chi connectivity index (χ4n) is 2.53. The van der Waals surface area contributed by atoms with Crippen LogP contribution in [0.25, 0.3) is 0 Å². The van der Waals surface area contributed by atoms with Crippen molar-refractivity contribution in [3.05, 3.63) is 0 Å². The van der Waals surface area contributed by atoms with Crippen LogP contribution >= 0.6 is 29.1 Å². The summed E-state index contributed by atoms with van der Waals surface area (Å²) in [5.41, 5.74) is 0.707. The largest absolute Gasteiger partial charge is 0.0891 e. The summed E-state index contributed by atoms with van der Waals surface area (Å²) in [6, 6.07) is 0. The predicted octanol–water partition coefficient (Wildman–Crippen LogP) is 3.96. The summed E-state index contributed by atoms with van der Waals surface area (Å²) in [5.74, 6) is 1.79. The molecular weight excluding hydrogens is 186 g/mol. The van der Waals surface area contributed by atoms with Crippen LogP contribution in [0.1, 0.15) is 25.7 Å². The molecule has 2 aliphatic rings. The van der Waals surface area contributed by atoms with E-state index in [4.69, 9.17) is 22.5 Å². The molecule has 3 heteroatoms. The molecule has 2 aliphatic carbocycles. The van der Waals surface area contributed by atoms with Crippen molar-refractivity contribution in [2.45, 2.75) is 31.3 Å². The van der Waals surface area contributed by atoms with Crippen LogP contribution in [0.4, 0.5) is 0 Å². The zero-order valence-corrected chi connectivity index (χ0v) is 8.17. The van der Waals surface area contributed by atoms with Crippen LogP contribution < -0.4 is 0 Å². The second-order valence-electron chi connectivity index (χ2n) is 3.42. The zero-order chi connectivity index (χ0) is 7.14. The third-order valence-corrected chi connectivity index (χ3v) is 5.65. The van der Waals surface area contributed by atoms with Gasteiger partial charge in [-0.3, -0.25) is 0 Å². The first-order valence-electron chi connectivity index (χ1n) is 3.90. The quantitative estimate of drug-likeness (QED) is 0.558. The maximum Gasteiger partial charge on any atom is 0.0891 e. The van der Waals surface area contributed by atoms with E-state index in [1.807, 2.05) is 0 Å². The zero-order valence-electron chi connectivity index (χ0n) is 5.76. The summed E-state index contributed by atoms with van der Waals surface area (Å²) >= 11 is 11.9. The molecule has 2 fully saturated rings. The van der Waals surface area contributed by atoms with Crippen molar-refractivity contribution in [2.75, 3.05) is 0 Å². The highest BCUT2D eigenvalue weighted by Gasteiger charge is 2.44. The summed E-state index contributed by atoms with van der Waals surface area (Å²) in [6.45, 7) is -0.673. The van der Waals surface area contributed by atoms with Crippen LogP contribution in [-0.4, -0.2) is 5.66 Å². The molecule has 2 bridgehead atoms. The van der Waals surface area contributed by atoms with Gasteiger partial charge in [0.25, 0.3) is 0 Å². The topological polar surface area (TPSA) is 0 Å². The minimum Gasteiger partial charge on any atom is -0.0778 e. The summed E-state index contributed by atoms with van der Waals surface area (Å²) in [7, 11) is 0. The Morgan fingerprint density at radius 3 is 1.50 bits per heavy atom. The number of hydrogen-bond donors (Lipinski definition) is 0. The predicted molar refractivity (Wildman–Crippen MR) is 47.9 cm³/mol. The maximum atomic E-state index is 5.94. The molecule has 0 atom stereocenters. The summed E-state index contributed by atoms with van der Waals surface area (Å²) in [4.78, 5) is 0. The SMILES string of the molecule is ClP(Cl)C1C2CCC1CC2. The van der Waals surface area contributed by atoms with Gasteiger partial charge >= 0.3 is 0 Å². The lowest BCUT2D eigenvalue weighted by Gasteiger charge is -2.14. The van der Waals surface area contributed by atoms with Gasteiger partial charge in [-0.15, -0.1) is 0 Å². The highest BCUT2D eigenvalue weighted by Crippen LogP contribution is 2.65. The van der Waals surface area contributed by atoms with Crippen LogP contribution in [0, 0.1) is 11.8 Å². The molecule has 0 aromatic rings. The van der Waals surface area contributed by atoms with Gasteiger partial charge in [0.2, 0.25) is 0 Å². The van der Waals surface area contributed by atoms with E-state index in [1.54, 1.807) is 0 Å². The Hall–Kier alpha value is 1.01. The smallest absolute Gasteiger partial charge is 0.0778 e. The average molecular weight is 197 g/mol. The van der Waals surface area contributed by atoms with Crippen LogP contribution in [-0.2, 0) is 0 Å². The van der Waals surface area contributed by atoms with Crippen molar-refractivity contribution in [2.24, 2.45) is 11.8 Å². The standard InChI is InChI=1S/C7H11Cl2P/c8-10(9)7-5-1-2-6(7)4-3-5/h5-7H,1-4H2. The molecule has 0 N–H and O–H groups in total. The van der Waals surface area contributed by atoms with Gasteiger partial charge in [-0.2, -0.15) is 0 Å². The number of rotatable bonds is 1. The summed E-state index contributed by atoms with van der Waals surface area (Å²) < 4.78 is 0. The molecule has 0 saturated heterocycles. The number of hydrogen-bond acceptors (Lipinski definition) is 0. The van der Waals surface area contributed by atoms with Gasteiger partial charge < -0.3 is 0 Å². The van der Waals surface area contributed by atoms with Crippen molar-refractivity contribution in [1.29, 1.82) is 0 Å². The highest BCUT2D eigenvalue weighted by atomic mass is 35.9. The van der Waals surface area contributed by atoms with E-state index in [0.717, 1.165) is 11.8 Å². The first-order chi connectivity index (χ1) is 4.79. The van der Waals surface area contributed by atoms with Gasteiger partial charge in [-0.25, -0.2) is 0 Å². The van der Waals surface area contributed by atoms with Crippen LogP contribution in [0.5, 0.6) is 0 Å². The molecule has 0 aromatic carbocycles. The van der Waals surface area contributed by atoms with Crippen molar-refractivity contribution < 1.29 is 0 Å². The first-order valence-corrected chi connectivity index (χ1v) is 7.12. The first kappa shape index (κ1) is 7.65. The molecule has 0 aliphatic heterocycles. The molecular formula is C7H11Cl2P. The molecule has 0 heterocycles. The third-order valence-electron chi connectivity index (χ3n) is 3.01. The molecule has 10 heavy (non-hydrogen) atoms. The van der Waals surface area contributed by atoms with Crippen LogP contribution in [0.2, 0.25) is 0 Å². The average Bonchev–Trinajstić information content (AvgIpc) is 2.43. The molecule has 0 nitrogen and oxygen atoms in total. The number of fused-ring (bicyclic) bond motifs is 2. The second-order valence-corrected chi connectivity index (χ2v) is 7.24. The fourth-order valence-corrected chi connectivity index (χ4v) is 5.68. The highest BCUT2D eigenvalue weighted by molar-refractivity contribution is 8.04. The van der Waals surface area contributed by atoms with E-state index in [9.17, 15) is 0 Å². The molecule has 0 aromatic heterocycles. The van der Waals surface area contributed by atoms with E-state index >= 15 is 0 Å². The van der Waals surface area contributed by atoms with Gasteiger partial charge in [-0.1, -0.05) is 22.5 Å². The Bertz CT molecular complexity index is 118. The van der Waals surface area contributed by atoms with E-state index in [-0.39, 0.29) is 0 Å². The lowest BCUT2D eigenvalue weighted by Crippen LogP contribution is -2.06. The molecule has 2 rings (SSSR count). The lowest BCUT2D eigenvalue weighted by molar-refractivity contribution is 0.480. The van der Waals surface area contributed by atoms with E-state index in [1.165, 1.54) is 25.7 Å². The normalized spacial score (nSPS) is 45.3. The van der Waals surface area contributed by atoms with Gasteiger partial charge in [-0.05, 0) is 37.5 Å². The van der Waals surface area contributed by atoms with Gasteiger partial charge in [0.05, 0.1) is 6.63 Å². The second kappa shape index (κ2) is 2.81. The Labute approximate surface area is 72.6 Å². The van der Waals surface area contributed by atoms with Gasteiger partial charge in [0.15, 0.2) is 0 Å². The van der Waals surface area contributed by atoms with Gasteiger partial charge in [0.1, 0.15) is 0 Å². The monoisotopic (exact) mass is 196 g/mol. The number of halogens is 2. The van der Waals surface area contributed by atoms with E-state index in [2.05, 4.69) is 0 Å². The molecule has 2 saturated carbocycles. The Kier molecular flexibility index (Phi) is 2.15. The Morgan fingerprint density at radius 2 is 1.30 bits per heavy atom. The third kappa shape index (κ3) is 1.09. The molecule has 0 amide bonds. The van der Waals surface area contributed by atoms with E-state index < -0.39 is 6.63 Å². The fraction of sp³-hybridized carbons (Fsp3) is 1.00. The summed E-state index contributed by atoms with van der Waals surface area (Å²) in [5, 5.41) is 0. The van der Waals surface area contributed by atoms with Crippen LogP contribution in [0.3, 0.4) is 0 Å². The summed E-state index contributed by atoms with van der Waals surface area (Å²) in [6.07, 6.45) is 5.59. The Morgan fingerprint density at radius 1 is 0.900 bits per heavy atom. The molecule has 0 unspecified atom stereocenters. The minimum atomic E-state index is -0.673. The molecule has 0 spiro atoms. The molecule has 58 valence electrons. The van der Waals surface area contributed by atoms with E-state index in [0.29, 0.717) is 5.66 Å². The lowest BCUT2D eigenvalue weighted by atomic mass is 10.0. The Balaban J connectivity index is 2.09.